The van der Waals surface area contributed by atoms with Crippen molar-refractivity contribution in [1.82, 2.24) is 9.80 Å². The van der Waals surface area contributed by atoms with Crippen molar-refractivity contribution in [3.05, 3.63) is 70.8 Å². The molecular weight excluding hydrogens is 429 g/mol. The molecule has 0 atom stereocenters. The molecule has 7 heteroatoms. The van der Waals surface area contributed by atoms with E-state index in [1.54, 1.807) is 0 Å². The lowest BCUT2D eigenvalue weighted by molar-refractivity contribution is 0.148. The first kappa shape index (κ1) is 23.7. The van der Waals surface area contributed by atoms with Crippen LogP contribution in [0.15, 0.2) is 59.6 Å². The highest BCUT2D eigenvalue weighted by molar-refractivity contribution is 6.31. The number of hydrogen-bond donors (Lipinski definition) is 1. The average molecular weight is 455 g/mol. The van der Waals surface area contributed by atoms with Gasteiger partial charge in [0.15, 0.2) is 0 Å². The number of piperazine rings is 1. The fourth-order valence-electron chi connectivity index (χ4n) is 3.72. The molecule has 0 bridgehead atoms. The van der Waals surface area contributed by atoms with E-state index in [0.717, 1.165) is 50.7 Å². The molecule has 4 nitrogen and oxygen atoms in total. The molecule has 0 radical (unpaired) electrons. The predicted octanol–water partition coefficient (Wildman–Crippen LogP) is 4.46. The number of rotatable bonds is 3. The maximum atomic E-state index is 9.20. The predicted molar refractivity (Wildman–Crippen MR) is 126 cm³/mol. The summed E-state index contributed by atoms with van der Waals surface area (Å²) in [7, 11) is 0. The maximum Gasteiger partial charge on any atom is 0.136 e. The van der Waals surface area contributed by atoms with Gasteiger partial charge in [-0.3, -0.25) is 4.90 Å². The van der Waals surface area contributed by atoms with Crippen molar-refractivity contribution < 1.29 is 5.11 Å². The van der Waals surface area contributed by atoms with E-state index in [1.165, 1.54) is 16.7 Å². The molecule has 4 rings (SSSR count). The highest BCUT2D eigenvalue weighted by Gasteiger charge is 2.24. The van der Waals surface area contributed by atoms with Crippen LogP contribution in [0.4, 0.5) is 5.69 Å². The zero-order chi connectivity index (χ0) is 18.6. The van der Waals surface area contributed by atoms with E-state index in [0.29, 0.717) is 5.02 Å². The number of allylic oxidation sites excluding steroid dienone is 1. The number of amidine groups is 1. The summed E-state index contributed by atoms with van der Waals surface area (Å²) in [5.74, 6) is 1.02. The van der Waals surface area contributed by atoms with Crippen LogP contribution in [0.5, 0.6) is 0 Å². The molecule has 2 aromatic rings. The van der Waals surface area contributed by atoms with Crippen LogP contribution in [0.1, 0.15) is 11.1 Å². The Morgan fingerprint density at radius 2 is 1.69 bits per heavy atom. The van der Waals surface area contributed by atoms with Crippen molar-refractivity contribution in [2.45, 2.75) is 6.42 Å². The zero-order valence-corrected chi connectivity index (χ0v) is 18.5. The van der Waals surface area contributed by atoms with Crippen molar-refractivity contribution >= 4 is 53.5 Å². The number of benzene rings is 2. The quantitative estimate of drug-likeness (QED) is 0.744. The number of aliphatic hydroxyl groups is 1. The summed E-state index contributed by atoms with van der Waals surface area (Å²) in [6.07, 6.45) is 3.13. The van der Waals surface area contributed by atoms with E-state index in [9.17, 15) is 5.11 Å². The van der Waals surface area contributed by atoms with Gasteiger partial charge in [-0.05, 0) is 29.7 Å². The van der Waals surface area contributed by atoms with Crippen molar-refractivity contribution in [2.75, 3.05) is 39.3 Å². The van der Waals surface area contributed by atoms with E-state index >= 15 is 0 Å². The molecule has 1 saturated heterocycles. The molecule has 1 fully saturated rings. The molecule has 2 aliphatic rings. The molecule has 0 aliphatic carbocycles. The number of β-amino-alcohol motifs (C(OH)–C–C–N with tert-alkyl or cyclic N) is 1. The van der Waals surface area contributed by atoms with Gasteiger partial charge in [-0.15, -0.1) is 24.8 Å². The van der Waals surface area contributed by atoms with Gasteiger partial charge in [0.1, 0.15) is 5.84 Å². The van der Waals surface area contributed by atoms with Gasteiger partial charge in [0.2, 0.25) is 0 Å². The summed E-state index contributed by atoms with van der Waals surface area (Å²) in [5.41, 5.74) is 4.52. The molecule has 0 unspecified atom stereocenters. The molecule has 0 saturated carbocycles. The second-order valence-corrected chi connectivity index (χ2v) is 7.39. The third-order valence-electron chi connectivity index (χ3n) is 5.21. The number of aliphatic hydroxyl groups excluding tert-OH is 1. The minimum atomic E-state index is 0. The monoisotopic (exact) mass is 453 g/mol. The lowest BCUT2D eigenvalue weighted by atomic mass is 10.0. The minimum Gasteiger partial charge on any atom is -0.395 e. The summed E-state index contributed by atoms with van der Waals surface area (Å²) in [5, 5.41) is 9.91. The molecule has 29 heavy (non-hydrogen) atoms. The molecule has 2 heterocycles. The lowest BCUT2D eigenvalue weighted by Crippen LogP contribution is -2.49. The second kappa shape index (κ2) is 11.0. The van der Waals surface area contributed by atoms with Gasteiger partial charge in [-0.1, -0.05) is 54.1 Å². The third kappa shape index (κ3) is 5.53. The Morgan fingerprint density at radius 1 is 0.966 bits per heavy atom. The molecule has 1 N–H and O–H groups in total. The van der Waals surface area contributed by atoms with E-state index in [2.05, 4.69) is 46.2 Å². The summed E-state index contributed by atoms with van der Waals surface area (Å²) < 4.78 is 0. The Kier molecular flexibility index (Phi) is 9.00. The van der Waals surface area contributed by atoms with E-state index in [-0.39, 0.29) is 31.4 Å². The largest absolute Gasteiger partial charge is 0.395 e. The van der Waals surface area contributed by atoms with Crippen LogP contribution in [-0.2, 0) is 6.42 Å². The van der Waals surface area contributed by atoms with Gasteiger partial charge in [0.25, 0.3) is 0 Å². The number of aliphatic imine (C=N–C) groups is 1. The Hall–Kier alpha value is -1.56. The normalized spacial score (nSPS) is 16.6. The molecule has 2 aliphatic heterocycles. The van der Waals surface area contributed by atoms with Gasteiger partial charge < -0.3 is 10.0 Å². The maximum absolute atomic E-state index is 9.20. The smallest absolute Gasteiger partial charge is 0.136 e. The van der Waals surface area contributed by atoms with Gasteiger partial charge >= 0.3 is 0 Å². The first-order valence-electron chi connectivity index (χ1n) is 9.46. The minimum absolute atomic E-state index is 0. The van der Waals surface area contributed by atoms with Crippen molar-refractivity contribution in [3.63, 3.8) is 0 Å². The van der Waals surface area contributed by atoms with Crippen LogP contribution in [0.3, 0.4) is 0 Å². The Bertz CT molecular complexity index is 863. The van der Waals surface area contributed by atoms with E-state index in [4.69, 9.17) is 16.6 Å². The first-order chi connectivity index (χ1) is 13.2. The SMILES string of the molecule is Cl.Cl.OCCN1CCN(C2=Nc3cc(Cl)ccc3CC=C2c2ccccc2)CC1. The average Bonchev–Trinajstić information content (AvgIpc) is 2.89. The van der Waals surface area contributed by atoms with Crippen LogP contribution < -0.4 is 0 Å². The second-order valence-electron chi connectivity index (χ2n) is 6.95. The molecule has 2 aromatic carbocycles. The standard InChI is InChI=1S/C22H24ClN3O.2ClH/c23-19-8-6-18-7-9-20(17-4-2-1-3-5-17)22(24-21(18)16-19)26-12-10-25(11-13-26)14-15-27;;/h1-6,8-9,16,27H,7,10-15H2;2*1H. The summed E-state index contributed by atoms with van der Waals surface area (Å²) in [6, 6.07) is 16.4. The van der Waals surface area contributed by atoms with Crippen LogP contribution in [0.25, 0.3) is 5.57 Å². The van der Waals surface area contributed by atoms with E-state index < -0.39 is 0 Å². The molecule has 156 valence electrons. The van der Waals surface area contributed by atoms with Crippen LogP contribution >= 0.6 is 36.4 Å². The fraction of sp³-hybridized carbons (Fsp3) is 0.318. The Labute approximate surface area is 189 Å². The summed E-state index contributed by atoms with van der Waals surface area (Å²) in [4.78, 5) is 9.73. The third-order valence-corrected chi connectivity index (χ3v) is 5.45. The molecule has 0 aromatic heterocycles. The van der Waals surface area contributed by atoms with Crippen molar-refractivity contribution in [3.8, 4) is 0 Å². The summed E-state index contributed by atoms with van der Waals surface area (Å²) in [6.45, 7) is 4.62. The number of nitrogens with zero attached hydrogens (tertiary/aromatic N) is 3. The molecule has 0 amide bonds. The topological polar surface area (TPSA) is 39.1 Å². The lowest BCUT2D eigenvalue weighted by Gasteiger charge is -2.36. The van der Waals surface area contributed by atoms with E-state index in [1.807, 2.05) is 18.2 Å². The number of hydrogen-bond acceptors (Lipinski definition) is 4. The first-order valence-corrected chi connectivity index (χ1v) is 9.83. The molecular formula is C22H26Cl3N3O. The Balaban J connectivity index is 0.00000150. The van der Waals surface area contributed by atoms with Crippen LogP contribution in [-0.4, -0.2) is 60.1 Å². The van der Waals surface area contributed by atoms with Gasteiger partial charge in [0, 0.05) is 43.3 Å². The van der Waals surface area contributed by atoms with Crippen LogP contribution in [0.2, 0.25) is 5.02 Å². The molecule has 0 spiro atoms. The van der Waals surface area contributed by atoms with Gasteiger partial charge in [-0.2, -0.15) is 0 Å². The highest BCUT2D eigenvalue weighted by atomic mass is 35.5. The van der Waals surface area contributed by atoms with Gasteiger partial charge in [-0.25, -0.2) is 4.99 Å². The van der Waals surface area contributed by atoms with Crippen LogP contribution in [0, 0.1) is 0 Å². The zero-order valence-electron chi connectivity index (χ0n) is 16.1. The van der Waals surface area contributed by atoms with Crippen molar-refractivity contribution in [1.29, 1.82) is 0 Å². The fourth-order valence-corrected chi connectivity index (χ4v) is 3.89. The van der Waals surface area contributed by atoms with Crippen molar-refractivity contribution in [2.24, 2.45) is 4.99 Å². The Morgan fingerprint density at radius 3 is 2.38 bits per heavy atom. The van der Waals surface area contributed by atoms with Gasteiger partial charge in [0.05, 0.1) is 12.3 Å². The number of halogens is 3. The number of fused-ring (bicyclic) bond motifs is 1. The summed E-state index contributed by atoms with van der Waals surface area (Å²) >= 11 is 6.24. The highest BCUT2D eigenvalue weighted by Crippen LogP contribution is 2.32.